The van der Waals surface area contributed by atoms with E-state index in [1.807, 2.05) is 39.9 Å². The van der Waals surface area contributed by atoms with Crippen molar-refractivity contribution in [3.63, 3.8) is 0 Å². The number of hydrogen-bond donors (Lipinski definition) is 1. The molecule has 9 heteroatoms. The second-order valence-corrected chi connectivity index (χ2v) is 19.0. The number of nitrogen functional groups attached to an aromatic ring is 1. The van der Waals surface area contributed by atoms with Gasteiger partial charge < -0.3 is 15.4 Å². The molecule has 7 nitrogen and oxygen atoms in total. The second kappa shape index (κ2) is 13.4. The van der Waals surface area contributed by atoms with Crippen molar-refractivity contribution in [1.29, 1.82) is 0 Å². The van der Waals surface area contributed by atoms with E-state index in [0.717, 1.165) is 66.3 Å². The van der Waals surface area contributed by atoms with Crippen molar-refractivity contribution >= 4 is 35.7 Å². The maximum Gasteiger partial charge on any atom is 0.229 e. The van der Waals surface area contributed by atoms with Crippen LogP contribution in [0.5, 0.6) is 0 Å². The lowest BCUT2D eigenvalue weighted by molar-refractivity contribution is -0.142. The lowest BCUT2D eigenvalue weighted by Gasteiger charge is -2.33. The zero-order valence-electron chi connectivity index (χ0n) is 24.5. The van der Waals surface area contributed by atoms with Gasteiger partial charge in [0.25, 0.3) is 0 Å². The monoisotopic (exact) mass is 625 g/mol. The number of rotatable bonds is 14. The molecule has 1 unspecified atom stereocenters. The number of benzene rings is 1. The summed E-state index contributed by atoms with van der Waals surface area (Å²) in [6.07, 6.45) is 5.60. The Balaban J connectivity index is 1.39. The van der Waals surface area contributed by atoms with Crippen molar-refractivity contribution < 1.29 is 9.53 Å². The number of unbranched alkanes of at least 4 members (excludes halogenated alkanes) is 2. The fourth-order valence-electron chi connectivity index (χ4n) is 5.40. The van der Waals surface area contributed by atoms with Crippen molar-refractivity contribution in [3.05, 3.63) is 75.6 Å². The number of carbonyl (C=O) groups is 1. The maximum atomic E-state index is 14.2. The third-order valence-corrected chi connectivity index (χ3v) is 9.92. The minimum atomic E-state index is -1.16. The molecule has 1 aliphatic heterocycles. The molecule has 40 heavy (non-hydrogen) atoms. The number of nitrogens with two attached hydrogens (primary N) is 1. The fourth-order valence-corrected chi connectivity index (χ4v) is 6.53. The van der Waals surface area contributed by atoms with E-state index >= 15 is 0 Å². The number of nitrogens with zero attached hydrogens (tertiary/aromatic N) is 4. The minimum absolute atomic E-state index is 0.187. The molecule has 4 rings (SSSR count). The van der Waals surface area contributed by atoms with Crippen LogP contribution in [0.15, 0.2) is 53.1 Å². The van der Waals surface area contributed by atoms with E-state index in [4.69, 9.17) is 10.5 Å². The average Bonchev–Trinajstić information content (AvgIpc) is 3.46. The number of pyridine rings is 1. The summed E-state index contributed by atoms with van der Waals surface area (Å²) in [5, 5.41) is 4.53. The first-order valence-electron chi connectivity index (χ1n) is 14.4. The molecule has 1 atom stereocenters. The van der Waals surface area contributed by atoms with E-state index in [1.54, 1.807) is 0 Å². The first-order valence-corrected chi connectivity index (χ1v) is 18.9. The fraction of sp³-hybridized carbons (Fsp3) is 0.516. The van der Waals surface area contributed by atoms with Crippen LogP contribution in [0, 0.1) is 5.41 Å². The van der Waals surface area contributed by atoms with Gasteiger partial charge in [-0.15, -0.1) is 0 Å². The van der Waals surface area contributed by atoms with Crippen LogP contribution in [0.1, 0.15) is 55.1 Å². The average molecular weight is 627 g/mol. The highest BCUT2D eigenvalue weighted by atomic mass is 79.9. The Kier molecular flexibility index (Phi) is 10.2. The highest BCUT2D eigenvalue weighted by Gasteiger charge is 2.40. The molecule has 0 fully saturated rings. The third-order valence-electron chi connectivity index (χ3n) is 7.77. The molecule has 216 valence electrons. The van der Waals surface area contributed by atoms with Crippen LogP contribution in [-0.2, 0) is 42.2 Å². The quantitative estimate of drug-likeness (QED) is 0.120. The van der Waals surface area contributed by atoms with E-state index in [1.165, 1.54) is 5.56 Å². The minimum Gasteiger partial charge on any atom is -0.382 e. The number of aryl methyl sites for hydroxylation is 1. The van der Waals surface area contributed by atoms with E-state index in [-0.39, 0.29) is 5.91 Å². The maximum absolute atomic E-state index is 14.2. The molecule has 0 saturated heterocycles. The molecular weight excluding hydrogens is 582 g/mol. The van der Waals surface area contributed by atoms with E-state index in [9.17, 15) is 4.79 Å². The summed E-state index contributed by atoms with van der Waals surface area (Å²) in [5.41, 5.74) is 10.1. The highest BCUT2D eigenvalue weighted by Crippen LogP contribution is 2.36. The van der Waals surface area contributed by atoms with E-state index < -0.39 is 13.5 Å². The number of anilines is 1. The predicted octanol–water partition coefficient (Wildman–Crippen LogP) is 6.83. The molecule has 0 saturated carbocycles. The summed E-state index contributed by atoms with van der Waals surface area (Å²) in [6, 6.07) is 17.5. The van der Waals surface area contributed by atoms with Crippen LogP contribution >= 0.6 is 15.9 Å². The van der Waals surface area contributed by atoms with Crippen LogP contribution in [0.4, 0.5) is 5.82 Å². The van der Waals surface area contributed by atoms with E-state index in [2.05, 4.69) is 70.8 Å². The van der Waals surface area contributed by atoms with Crippen molar-refractivity contribution in [3.8, 4) is 0 Å². The van der Waals surface area contributed by atoms with Crippen LogP contribution in [-0.4, -0.2) is 40.3 Å². The Bertz CT molecular complexity index is 1280. The molecule has 1 aliphatic rings. The normalized spacial score (nSPS) is 14.8. The standard InChI is InChI=1S/C31H44BrN5O2Si/c1-31(20-24-12-7-5-8-13-24,17-10-6-9-14-25-15-11-16-28(32)34-25)30(38)36-21-26-27(22-36)37(35-29(26)33)23-39-18-19-40(2,3)4/h5,7-8,11-13,15-16H,6,9-10,14,17-23H2,1-4H3,(H2,33,35). The van der Waals surface area contributed by atoms with Crippen LogP contribution < -0.4 is 5.73 Å². The first kappa shape index (κ1) is 30.5. The van der Waals surface area contributed by atoms with Gasteiger partial charge in [-0.1, -0.05) is 75.8 Å². The Morgan fingerprint density at radius 1 is 1.07 bits per heavy atom. The van der Waals surface area contributed by atoms with Gasteiger partial charge in [0.1, 0.15) is 11.3 Å². The summed E-state index contributed by atoms with van der Waals surface area (Å²) in [4.78, 5) is 20.7. The van der Waals surface area contributed by atoms with Crippen LogP contribution in [0.3, 0.4) is 0 Å². The number of fused-ring (bicyclic) bond motifs is 1. The van der Waals surface area contributed by atoms with Gasteiger partial charge in [-0.2, -0.15) is 5.10 Å². The van der Waals surface area contributed by atoms with Gasteiger partial charge in [0.05, 0.1) is 24.2 Å². The molecule has 0 bridgehead atoms. The summed E-state index contributed by atoms with van der Waals surface area (Å²) in [6.45, 7) is 11.3. The van der Waals surface area contributed by atoms with Gasteiger partial charge in [-0.05, 0) is 65.4 Å². The number of halogens is 1. The third kappa shape index (κ3) is 8.27. The van der Waals surface area contributed by atoms with Gasteiger partial charge in [0.15, 0.2) is 5.82 Å². The van der Waals surface area contributed by atoms with Gasteiger partial charge in [0, 0.05) is 25.9 Å². The largest absolute Gasteiger partial charge is 0.382 e. The Labute approximate surface area is 248 Å². The topological polar surface area (TPSA) is 86.3 Å². The molecule has 0 spiro atoms. The smallest absolute Gasteiger partial charge is 0.229 e. The van der Waals surface area contributed by atoms with Crippen molar-refractivity contribution in [2.24, 2.45) is 5.41 Å². The van der Waals surface area contributed by atoms with Crippen molar-refractivity contribution in [1.82, 2.24) is 19.7 Å². The molecule has 2 aromatic heterocycles. The lowest BCUT2D eigenvalue weighted by Crippen LogP contribution is -2.41. The Morgan fingerprint density at radius 2 is 1.85 bits per heavy atom. The SMILES string of the molecule is CC(CCCCCc1cccc(Br)n1)(Cc1ccccc1)C(=O)N1Cc2c(N)nn(COCC[Si](C)(C)C)c2C1. The lowest BCUT2D eigenvalue weighted by atomic mass is 9.77. The van der Waals surface area contributed by atoms with Gasteiger partial charge in [-0.3, -0.25) is 4.79 Å². The summed E-state index contributed by atoms with van der Waals surface area (Å²) >= 11 is 3.46. The summed E-state index contributed by atoms with van der Waals surface area (Å²) in [7, 11) is -1.16. The number of aromatic nitrogens is 3. The van der Waals surface area contributed by atoms with Crippen molar-refractivity contribution in [2.45, 2.75) is 91.0 Å². The highest BCUT2D eigenvalue weighted by molar-refractivity contribution is 9.10. The number of amides is 1. The molecule has 0 radical (unpaired) electrons. The molecule has 0 aliphatic carbocycles. The second-order valence-electron chi connectivity index (χ2n) is 12.6. The Morgan fingerprint density at radius 3 is 2.58 bits per heavy atom. The number of ether oxygens (including phenoxy) is 1. The summed E-state index contributed by atoms with van der Waals surface area (Å²) < 4.78 is 8.69. The molecule has 3 heterocycles. The zero-order chi connectivity index (χ0) is 28.8. The first-order chi connectivity index (χ1) is 19.0. The van der Waals surface area contributed by atoms with Gasteiger partial charge in [0.2, 0.25) is 5.91 Å². The molecule has 3 aromatic rings. The molecule has 1 amide bonds. The van der Waals surface area contributed by atoms with Crippen LogP contribution in [0.2, 0.25) is 25.7 Å². The Hall–Kier alpha value is -2.49. The molecule has 2 N–H and O–H groups in total. The van der Waals surface area contributed by atoms with E-state index in [0.29, 0.717) is 32.1 Å². The number of carbonyl (C=O) groups excluding carboxylic acids is 1. The predicted molar refractivity (Wildman–Crippen MR) is 167 cm³/mol. The summed E-state index contributed by atoms with van der Waals surface area (Å²) in [5.74, 6) is 0.692. The van der Waals surface area contributed by atoms with Gasteiger partial charge in [-0.25, -0.2) is 9.67 Å². The molecular formula is C31H44BrN5O2Si. The van der Waals surface area contributed by atoms with Crippen molar-refractivity contribution in [2.75, 3.05) is 12.3 Å². The van der Waals surface area contributed by atoms with Crippen LogP contribution in [0.25, 0.3) is 0 Å². The zero-order valence-corrected chi connectivity index (χ0v) is 27.0. The molecule has 1 aromatic carbocycles. The van der Waals surface area contributed by atoms with Gasteiger partial charge >= 0.3 is 0 Å². The number of hydrogen-bond acceptors (Lipinski definition) is 5.